The van der Waals surface area contributed by atoms with Crippen molar-refractivity contribution in [1.82, 2.24) is 0 Å². The van der Waals surface area contributed by atoms with Gasteiger partial charge in [-0.2, -0.15) is 0 Å². The molecule has 3 aromatic rings. The van der Waals surface area contributed by atoms with Crippen LogP contribution in [0.2, 0.25) is 0 Å². The van der Waals surface area contributed by atoms with Crippen LogP contribution >= 0.6 is 18.2 Å². The van der Waals surface area contributed by atoms with Gasteiger partial charge in [-0.1, -0.05) is 75.4 Å². The van der Waals surface area contributed by atoms with Gasteiger partial charge >= 0.3 is 6.80 Å². The van der Waals surface area contributed by atoms with Gasteiger partial charge in [0.05, 0.1) is 0 Å². The minimum absolute atomic E-state index is 0.0894. The van der Waals surface area contributed by atoms with Crippen LogP contribution in [0.1, 0.15) is 26.3 Å². The van der Waals surface area contributed by atoms with E-state index in [1.807, 2.05) is 54.6 Å². The zero-order valence-electron chi connectivity index (χ0n) is 15.7. The van der Waals surface area contributed by atoms with Gasteiger partial charge in [-0.15, -0.1) is 0 Å². The molecule has 0 atom stereocenters. The van der Waals surface area contributed by atoms with Crippen LogP contribution in [0.15, 0.2) is 89.8 Å². The molecular weight excluding hydrogens is 375 g/mol. The van der Waals surface area contributed by atoms with Crippen molar-refractivity contribution in [3.8, 4) is 11.5 Å². The van der Waals surface area contributed by atoms with E-state index in [-0.39, 0.29) is 5.41 Å². The average Bonchev–Trinajstić information content (AvgIpc) is 2.62. The Morgan fingerprint density at radius 3 is 1.63 bits per heavy atom. The zero-order chi connectivity index (χ0) is 19.3. The van der Waals surface area contributed by atoms with Gasteiger partial charge in [0.2, 0.25) is 0 Å². The lowest BCUT2D eigenvalue weighted by Crippen LogP contribution is -2.12. The molecule has 3 nitrogen and oxygen atoms in total. The van der Waals surface area contributed by atoms with E-state index >= 15 is 0 Å². The third kappa shape index (κ3) is 5.41. The highest BCUT2D eigenvalue weighted by molar-refractivity contribution is 8.55. The van der Waals surface area contributed by atoms with E-state index in [2.05, 4.69) is 26.8 Å². The Balaban J connectivity index is 1.97. The number of benzene rings is 3. The summed E-state index contributed by atoms with van der Waals surface area (Å²) in [5.74, 6) is 1.02. The minimum atomic E-state index is -3.56. The van der Waals surface area contributed by atoms with E-state index in [0.29, 0.717) is 11.5 Å². The normalized spacial score (nSPS) is 11.8. The maximum atomic E-state index is 13.7. The SMILES string of the molecule is CC(C)(C)c1ccccc1SP(=O)(Oc1ccccc1)Oc1ccccc1. The Labute approximate surface area is 165 Å². The summed E-state index contributed by atoms with van der Waals surface area (Å²) in [6.45, 7) is 2.83. The van der Waals surface area contributed by atoms with Gasteiger partial charge in [-0.3, -0.25) is 0 Å². The van der Waals surface area contributed by atoms with Gasteiger partial charge in [0.1, 0.15) is 11.5 Å². The molecule has 0 saturated heterocycles. The first kappa shape index (κ1) is 19.6. The topological polar surface area (TPSA) is 35.5 Å². The highest BCUT2D eigenvalue weighted by Crippen LogP contribution is 2.63. The molecule has 140 valence electrons. The van der Waals surface area contributed by atoms with Gasteiger partial charge in [0, 0.05) is 16.3 Å². The van der Waals surface area contributed by atoms with Crippen molar-refractivity contribution >= 4 is 18.2 Å². The Morgan fingerprint density at radius 1 is 0.704 bits per heavy atom. The fourth-order valence-electron chi connectivity index (χ4n) is 2.56. The summed E-state index contributed by atoms with van der Waals surface area (Å²) in [5, 5.41) is 0. The summed E-state index contributed by atoms with van der Waals surface area (Å²) < 4.78 is 25.5. The fourth-order valence-corrected chi connectivity index (χ4v) is 6.23. The largest absolute Gasteiger partial charge is 0.497 e. The second kappa shape index (κ2) is 8.24. The summed E-state index contributed by atoms with van der Waals surface area (Å²) in [6.07, 6.45) is 0. The van der Waals surface area contributed by atoms with E-state index < -0.39 is 6.80 Å². The maximum absolute atomic E-state index is 13.7. The van der Waals surface area contributed by atoms with Gasteiger partial charge in [0.15, 0.2) is 0 Å². The smallest absolute Gasteiger partial charge is 0.408 e. The molecule has 0 aromatic heterocycles. The van der Waals surface area contributed by atoms with Crippen LogP contribution in [0.3, 0.4) is 0 Å². The summed E-state index contributed by atoms with van der Waals surface area (Å²) in [4.78, 5) is 0.889. The van der Waals surface area contributed by atoms with Crippen LogP contribution in [-0.4, -0.2) is 0 Å². The Hall–Kier alpha value is -2.16. The van der Waals surface area contributed by atoms with Gasteiger partial charge < -0.3 is 9.05 Å². The predicted octanol–water partition coefficient (Wildman–Crippen LogP) is 7.34. The van der Waals surface area contributed by atoms with Crippen molar-refractivity contribution in [1.29, 1.82) is 0 Å². The third-order valence-electron chi connectivity index (χ3n) is 3.83. The molecular formula is C22H23O3PS. The van der Waals surface area contributed by atoms with E-state index in [1.54, 1.807) is 24.3 Å². The molecule has 0 saturated carbocycles. The van der Waals surface area contributed by atoms with E-state index in [1.165, 1.54) is 0 Å². The standard InChI is InChI=1S/C22H23O3PS/c1-22(2,3)20-16-10-11-17-21(20)27-26(23,24-18-12-6-4-7-13-18)25-19-14-8-5-9-15-19/h4-17H,1-3H3. The lowest BCUT2D eigenvalue weighted by Gasteiger charge is -2.25. The van der Waals surface area contributed by atoms with Crippen LogP contribution in [0.25, 0.3) is 0 Å². The number of hydrogen-bond donors (Lipinski definition) is 0. The molecule has 0 radical (unpaired) electrons. The number of hydrogen-bond acceptors (Lipinski definition) is 4. The predicted molar refractivity (Wildman–Crippen MR) is 113 cm³/mol. The second-order valence-corrected chi connectivity index (χ2v) is 10.9. The third-order valence-corrected chi connectivity index (χ3v) is 7.18. The first-order valence-electron chi connectivity index (χ1n) is 8.74. The van der Waals surface area contributed by atoms with Crippen molar-refractivity contribution in [2.75, 3.05) is 0 Å². The van der Waals surface area contributed by atoms with Gasteiger partial charge in [-0.05, 0) is 41.3 Å². The molecule has 0 heterocycles. The van der Waals surface area contributed by atoms with E-state index in [9.17, 15) is 4.57 Å². The number of para-hydroxylation sites is 2. The summed E-state index contributed by atoms with van der Waals surface area (Å²) in [5.41, 5.74) is 1.01. The van der Waals surface area contributed by atoms with Crippen molar-refractivity contribution in [2.24, 2.45) is 0 Å². The maximum Gasteiger partial charge on any atom is 0.497 e. The van der Waals surface area contributed by atoms with Crippen molar-refractivity contribution in [3.63, 3.8) is 0 Å². The summed E-state index contributed by atoms with van der Waals surface area (Å²) in [6, 6.07) is 26.2. The van der Waals surface area contributed by atoms with Gasteiger partial charge in [0.25, 0.3) is 0 Å². The van der Waals surface area contributed by atoms with Gasteiger partial charge in [-0.25, -0.2) is 4.57 Å². The number of rotatable bonds is 6. The van der Waals surface area contributed by atoms with Crippen molar-refractivity contribution < 1.29 is 13.6 Å². The van der Waals surface area contributed by atoms with Crippen LogP contribution in [0.4, 0.5) is 0 Å². The molecule has 0 amide bonds. The lowest BCUT2D eigenvalue weighted by molar-refractivity contribution is 0.408. The average molecular weight is 398 g/mol. The van der Waals surface area contributed by atoms with Crippen molar-refractivity contribution in [3.05, 3.63) is 90.5 Å². The summed E-state index contributed by atoms with van der Waals surface area (Å²) in [7, 11) is 0. The van der Waals surface area contributed by atoms with Crippen LogP contribution in [0, 0.1) is 0 Å². The van der Waals surface area contributed by atoms with Crippen LogP contribution < -0.4 is 9.05 Å². The zero-order valence-corrected chi connectivity index (χ0v) is 17.4. The molecule has 3 aromatic carbocycles. The van der Waals surface area contributed by atoms with Crippen LogP contribution in [-0.2, 0) is 9.98 Å². The Morgan fingerprint density at radius 2 is 1.15 bits per heavy atom. The molecule has 0 aliphatic heterocycles. The minimum Gasteiger partial charge on any atom is -0.408 e. The van der Waals surface area contributed by atoms with E-state index in [0.717, 1.165) is 21.8 Å². The van der Waals surface area contributed by atoms with Crippen LogP contribution in [0.5, 0.6) is 11.5 Å². The first-order chi connectivity index (χ1) is 12.9. The highest BCUT2D eigenvalue weighted by atomic mass is 32.7. The Bertz CT molecular complexity index is 876. The monoisotopic (exact) mass is 398 g/mol. The summed E-state index contributed by atoms with van der Waals surface area (Å²) >= 11 is 1.15. The Kier molecular flexibility index (Phi) is 5.98. The fraction of sp³-hybridized carbons (Fsp3) is 0.182. The van der Waals surface area contributed by atoms with Crippen molar-refractivity contribution in [2.45, 2.75) is 31.1 Å². The molecule has 3 rings (SSSR count). The second-order valence-electron chi connectivity index (χ2n) is 7.09. The molecule has 0 fully saturated rings. The highest BCUT2D eigenvalue weighted by Gasteiger charge is 2.33. The molecule has 0 aliphatic carbocycles. The van der Waals surface area contributed by atoms with E-state index in [4.69, 9.17) is 9.05 Å². The quantitative estimate of drug-likeness (QED) is 0.407. The molecule has 0 aliphatic rings. The molecule has 0 unspecified atom stereocenters. The molecule has 0 bridgehead atoms. The molecule has 0 spiro atoms. The molecule has 27 heavy (non-hydrogen) atoms. The molecule has 5 heteroatoms. The first-order valence-corrected chi connectivity index (χ1v) is 11.7. The molecule has 0 N–H and O–H groups in total. The lowest BCUT2D eigenvalue weighted by atomic mass is 9.87.